The summed E-state index contributed by atoms with van der Waals surface area (Å²) in [5.41, 5.74) is 7.09. The zero-order valence-electron chi connectivity index (χ0n) is 12.2. The zero-order valence-corrected chi connectivity index (χ0v) is 12.2. The molecule has 2 atom stereocenters. The van der Waals surface area contributed by atoms with Crippen LogP contribution in [-0.4, -0.2) is 28.9 Å². The Hall–Kier alpha value is -1.35. The highest BCUT2D eigenvalue weighted by Crippen LogP contribution is 2.37. The minimum absolute atomic E-state index is 0.181. The van der Waals surface area contributed by atoms with E-state index in [1.807, 2.05) is 11.0 Å². The van der Waals surface area contributed by atoms with E-state index in [4.69, 9.17) is 5.73 Å². The van der Waals surface area contributed by atoms with E-state index in [0.717, 1.165) is 38.6 Å². The molecule has 20 heavy (non-hydrogen) atoms. The van der Waals surface area contributed by atoms with Crippen molar-refractivity contribution in [3.63, 3.8) is 0 Å². The quantitative estimate of drug-likeness (QED) is 0.899. The number of carbonyl (C=O) groups is 1. The van der Waals surface area contributed by atoms with Crippen LogP contribution in [0.1, 0.15) is 50.5 Å². The van der Waals surface area contributed by atoms with Crippen LogP contribution < -0.4 is 5.73 Å². The Bertz CT molecular complexity index is 479. The van der Waals surface area contributed by atoms with Crippen LogP contribution in [-0.2, 0) is 4.79 Å². The first-order chi connectivity index (χ1) is 9.62. The lowest BCUT2D eigenvalue weighted by atomic mass is 9.92. The third-order valence-electron chi connectivity index (χ3n) is 5.17. The number of hydrogen-bond acceptors (Lipinski definition) is 2. The summed E-state index contributed by atoms with van der Waals surface area (Å²) < 4.78 is 0. The fourth-order valence-corrected chi connectivity index (χ4v) is 3.88. The summed E-state index contributed by atoms with van der Waals surface area (Å²) in [4.78, 5) is 14.8. The summed E-state index contributed by atoms with van der Waals surface area (Å²) in [6.45, 7) is 3.01. The van der Waals surface area contributed by atoms with Crippen LogP contribution >= 0.6 is 0 Å². The fraction of sp³-hybridized carbons (Fsp3) is 0.588. The summed E-state index contributed by atoms with van der Waals surface area (Å²) in [7, 11) is 0. The molecule has 1 aliphatic heterocycles. The number of nitrogens with zero attached hydrogens (tertiary/aromatic N) is 1. The molecule has 1 aliphatic carbocycles. The molecule has 108 valence electrons. The number of amides is 1. The lowest BCUT2D eigenvalue weighted by Crippen LogP contribution is -2.54. The fourth-order valence-electron chi connectivity index (χ4n) is 3.88. The van der Waals surface area contributed by atoms with E-state index >= 15 is 0 Å². The van der Waals surface area contributed by atoms with Crippen LogP contribution in [0.2, 0.25) is 0 Å². The van der Waals surface area contributed by atoms with Crippen molar-refractivity contribution in [1.82, 2.24) is 4.90 Å². The number of nitrogens with two attached hydrogens (primary N) is 1. The van der Waals surface area contributed by atoms with Gasteiger partial charge in [-0.3, -0.25) is 4.79 Å². The van der Waals surface area contributed by atoms with Crippen molar-refractivity contribution in [1.29, 1.82) is 0 Å². The van der Waals surface area contributed by atoms with Crippen LogP contribution in [0.15, 0.2) is 30.3 Å². The number of likely N-dealkylation sites (tertiary alicyclic amines) is 1. The molecule has 2 N–H and O–H groups in total. The lowest BCUT2D eigenvalue weighted by molar-refractivity contribution is -0.137. The monoisotopic (exact) mass is 272 g/mol. The minimum atomic E-state index is -0.583. The Morgan fingerprint density at radius 3 is 2.55 bits per heavy atom. The maximum Gasteiger partial charge on any atom is 0.242 e. The van der Waals surface area contributed by atoms with E-state index in [1.165, 1.54) is 5.56 Å². The van der Waals surface area contributed by atoms with Crippen molar-refractivity contribution < 1.29 is 4.79 Å². The maximum atomic E-state index is 12.8. The second-order valence-corrected chi connectivity index (χ2v) is 6.41. The van der Waals surface area contributed by atoms with Gasteiger partial charge >= 0.3 is 0 Å². The molecule has 0 aromatic heterocycles. The number of benzene rings is 1. The van der Waals surface area contributed by atoms with E-state index in [9.17, 15) is 4.79 Å². The van der Waals surface area contributed by atoms with Crippen molar-refractivity contribution in [2.75, 3.05) is 6.54 Å². The molecule has 1 saturated heterocycles. The second-order valence-electron chi connectivity index (χ2n) is 6.41. The van der Waals surface area contributed by atoms with E-state index in [2.05, 4.69) is 31.2 Å². The summed E-state index contributed by atoms with van der Waals surface area (Å²) in [6.07, 6.45) is 4.93. The molecule has 1 aromatic carbocycles. The van der Waals surface area contributed by atoms with Gasteiger partial charge in [-0.25, -0.2) is 0 Å². The SMILES string of the molecule is CC1C(c2ccccc2)CCN1C(=O)C1(N)CCCC1. The highest BCUT2D eigenvalue weighted by Gasteiger charge is 2.44. The summed E-state index contributed by atoms with van der Waals surface area (Å²) in [5, 5.41) is 0. The topological polar surface area (TPSA) is 46.3 Å². The first-order valence-corrected chi connectivity index (χ1v) is 7.77. The van der Waals surface area contributed by atoms with Gasteiger partial charge < -0.3 is 10.6 Å². The molecule has 1 amide bonds. The first-order valence-electron chi connectivity index (χ1n) is 7.77. The van der Waals surface area contributed by atoms with E-state index < -0.39 is 5.54 Å². The Balaban J connectivity index is 1.76. The molecule has 2 unspecified atom stereocenters. The first kappa shape index (κ1) is 13.6. The molecule has 1 saturated carbocycles. The third kappa shape index (κ3) is 2.24. The largest absolute Gasteiger partial charge is 0.338 e. The standard InChI is InChI=1S/C17H24N2O/c1-13-15(14-7-3-2-4-8-14)9-12-19(13)16(20)17(18)10-5-6-11-17/h2-4,7-8,13,15H,5-6,9-12,18H2,1H3. The van der Waals surface area contributed by atoms with Gasteiger partial charge in [0.25, 0.3) is 0 Å². The van der Waals surface area contributed by atoms with Gasteiger partial charge in [0.05, 0.1) is 5.54 Å². The molecule has 0 bridgehead atoms. The molecule has 1 aromatic rings. The minimum Gasteiger partial charge on any atom is -0.338 e. The van der Waals surface area contributed by atoms with Crippen LogP contribution in [0, 0.1) is 0 Å². The molecule has 3 heteroatoms. The average molecular weight is 272 g/mol. The van der Waals surface area contributed by atoms with Gasteiger partial charge in [-0.2, -0.15) is 0 Å². The Kier molecular flexibility index (Phi) is 3.55. The Morgan fingerprint density at radius 1 is 1.25 bits per heavy atom. The highest BCUT2D eigenvalue weighted by molar-refractivity contribution is 5.87. The molecular formula is C17H24N2O. The third-order valence-corrected chi connectivity index (χ3v) is 5.17. The summed E-state index contributed by atoms with van der Waals surface area (Å²) >= 11 is 0. The van der Waals surface area contributed by atoms with Gasteiger partial charge in [0, 0.05) is 18.5 Å². The molecule has 2 fully saturated rings. The second kappa shape index (κ2) is 5.21. The Morgan fingerprint density at radius 2 is 1.90 bits per heavy atom. The number of hydrogen-bond donors (Lipinski definition) is 1. The average Bonchev–Trinajstić information content (AvgIpc) is 3.06. The van der Waals surface area contributed by atoms with Crippen molar-refractivity contribution in [2.45, 2.75) is 56.5 Å². The van der Waals surface area contributed by atoms with Gasteiger partial charge in [-0.05, 0) is 31.7 Å². The van der Waals surface area contributed by atoms with Crippen LogP contribution in [0.5, 0.6) is 0 Å². The van der Waals surface area contributed by atoms with E-state index in [-0.39, 0.29) is 11.9 Å². The normalized spacial score (nSPS) is 28.8. The molecule has 0 spiro atoms. The van der Waals surface area contributed by atoms with Crippen LogP contribution in [0.25, 0.3) is 0 Å². The van der Waals surface area contributed by atoms with E-state index in [1.54, 1.807) is 0 Å². The molecular weight excluding hydrogens is 248 g/mol. The number of carbonyl (C=O) groups excluding carboxylic acids is 1. The van der Waals surface area contributed by atoms with Crippen molar-refractivity contribution in [3.05, 3.63) is 35.9 Å². The van der Waals surface area contributed by atoms with Crippen LogP contribution in [0.3, 0.4) is 0 Å². The van der Waals surface area contributed by atoms with Crippen molar-refractivity contribution >= 4 is 5.91 Å². The number of rotatable bonds is 2. The van der Waals surface area contributed by atoms with Gasteiger partial charge in [0.1, 0.15) is 0 Å². The smallest absolute Gasteiger partial charge is 0.242 e. The lowest BCUT2D eigenvalue weighted by Gasteiger charge is -2.32. The zero-order chi connectivity index (χ0) is 14.2. The van der Waals surface area contributed by atoms with Gasteiger partial charge in [0.15, 0.2) is 0 Å². The van der Waals surface area contributed by atoms with Gasteiger partial charge in [-0.15, -0.1) is 0 Å². The summed E-state index contributed by atoms with van der Waals surface area (Å²) in [6, 6.07) is 10.8. The van der Waals surface area contributed by atoms with Gasteiger partial charge in [0.2, 0.25) is 5.91 Å². The van der Waals surface area contributed by atoms with Crippen molar-refractivity contribution in [2.24, 2.45) is 5.73 Å². The summed E-state index contributed by atoms with van der Waals surface area (Å²) in [5.74, 6) is 0.631. The van der Waals surface area contributed by atoms with Crippen LogP contribution in [0.4, 0.5) is 0 Å². The molecule has 2 aliphatic rings. The van der Waals surface area contributed by atoms with E-state index in [0.29, 0.717) is 5.92 Å². The predicted octanol–water partition coefficient (Wildman–Crippen LogP) is 2.66. The molecule has 3 nitrogen and oxygen atoms in total. The van der Waals surface area contributed by atoms with Gasteiger partial charge in [-0.1, -0.05) is 43.2 Å². The molecule has 1 heterocycles. The van der Waals surface area contributed by atoms with Crippen molar-refractivity contribution in [3.8, 4) is 0 Å². The Labute approximate surface area is 121 Å². The molecule has 0 radical (unpaired) electrons. The predicted molar refractivity (Wildman–Crippen MR) is 80.4 cm³/mol. The molecule has 3 rings (SSSR count). The highest BCUT2D eigenvalue weighted by atomic mass is 16.2. The maximum absolute atomic E-state index is 12.8.